The molecular formula is C13H18N2O2S. The van der Waals surface area contributed by atoms with Crippen LogP contribution in [0, 0.1) is 0 Å². The molecule has 1 aromatic rings. The fraction of sp³-hybridized carbons (Fsp3) is 0.538. The van der Waals surface area contributed by atoms with Crippen LogP contribution in [0.1, 0.15) is 25.7 Å². The van der Waals surface area contributed by atoms with Gasteiger partial charge in [-0.1, -0.05) is 25.0 Å². The van der Waals surface area contributed by atoms with Gasteiger partial charge in [-0.05, 0) is 25.0 Å². The van der Waals surface area contributed by atoms with E-state index in [1.54, 1.807) is 0 Å². The number of nitrogens with zero attached hydrogens (tertiary/aromatic N) is 1. The lowest BCUT2D eigenvalue weighted by Gasteiger charge is -2.30. The second kappa shape index (κ2) is 4.46. The molecule has 0 amide bonds. The second-order valence-electron chi connectivity index (χ2n) is 5.07. The van der Waals surface area contributed by atoms with Gasteiger partial charge in [0.25, 0.3) is 0 Å². The van der Waals surface area contributed by atoms with Crippen molar-refractivity contribution in [1.29, 1.82) is 0 Å². The molecule has 1 saturated carbocycles. The highest BCUT2D eigenvalue weighted by Gasteiger charge is 2.29. The Morgan fingerprint density at radius 2 is 1.89 bits per heavy atom. The molecule has 1 heterocycles. The number of rotatable bonds is 1. The van der Waals surface area contributed by atoms with Gasteiger partial charge in [-0.3, -0.25) is 4.72 Å². The van der Waals surface area contributed by atoms with E-state index in [1.165, 1.54) is 25.7 Å². The van der Waals surface area contributed by atoms with Crippen molar-refractivity contribution in [3.63, 3.8) is 0 Å². The van der Waals surface area contributed by atoms with Gasteiger partial charge in [0.05, 0.1) is 17.1 Å². The molecule has 1 fully saturated rings. The average molecular weight is 266 g/mol. The van der Waals surface area contributed by atoms with Gasteiger partial charge in [-0.2, -0.15) is 0 Å². The lowest BCUT2D eigenvalue weighted by Crippen LogP contribution is -2.35. The molecule has 0 spiro atoms. The van der Waals surface area contributed by atoms with Crippen molar-refractivity contribution in [2.45, 2.75) is 31.7 Å². The first-order valence-corrected chi connectivity index (χ1v) is 8.17. The number of benzene rings is 1. The van der Waals surface area contributed by atoms with Crippen LogP contribution < -0.4 is 9.62 Å². The van der Waals surface area contributed by atoms with Crippen LogP contribution in [0.2, 0.25) is 0 Å². The van der Waals surface area contributed by atoms with Crippen molar-refractivity contribution < 1.29 is 8.42 Å². The third-order valence-electron chi connectivity index (χ3n) is 3.85. The molecule has 0 unspecified atom stereocenters. The lowest BCUT2D eigenvalue weighted by molar-refractivity contribution is 0.592. The van der Waals surface area contributed by atoms with Crippen molar-refractivity contribution in [3.8, 4) is 0 Å². The Morgan fingerprint density at radius 3 is 2.67 bits per heavy atom. The largest absolute Gasteiger partial charge is 0.366 e. The van der Waals surface area contributed by atoms with Gasteiger partial charge in [0, 0.05) is 12.6 Å². The van der Waals surface area contributed by atoms with Crippen molar-refractivity contribution in [2.75, 3.05) is 21.9 Å². The summed E-state index contributed by atoms with van der Waals surface area (Å²) in [5, 5.41) is 0. The first-order valence-electron chi connectivity index (χ1n) is 6.52. The van der Waals surface area contributed by atoms with Crippen LogP contribution in [0.25, 0.3) is 0 Å². The maximum Gasteiger partial charge on any atom is 0.234 e. The molecule has 1 aromatic carbocycles. The van der Waals surface area contributed by atoms with Crippen molar-refractivity contribution in [1.82, 2.24) is 0 Å². The van der Waals surface area contributed by atoms with Crippen LogP contribution in [0.3, 0.4) is 0 Å². The number of para-hydroxylation sites is 2. The van der Waals surface area contributed by atoms with E-state index in [-0.39, 0.29) is 5.75 Å². The minimum absolute atomic E-state index is 0.179. The molecule has 18 heavy (non-hydrogen) atoms. The summed E-state index contributed by atoms with van der Waals surface area (Å²) in [6.45, 7) is 0.594. The van der Waals surface area contributed by atoms with Gasteiger partial charge in [-0.15, -0.1) is 0 Å². The summed E-state index contributed by atoms with van der Waals surface area (Å²) in [4.78, 5) is 2.28. The van der Waals surface area contributed by atoms with Gasteiger partial charge in [0.15, 0.2) is 0 Å². The Balaban J connectivity index is 2.01. The summed E-state index contributed by atoms with van der Waals surface area (Å²) in [7, 11) is -3.19. The SMILES string of the molecule is O=S1(=O)CCN(C2CCCC2)c2ccccc2N1. The zero-order valence-electron chi connectivity index (χ0n) is 10.3. The number of hydrogen-bond acceptors (Lipinski definition) is 3. The van der Waals surface area contributed by atoms with E-state index in [0.29, 0.717) is 12.6 Å². The molecular weight excluding hydrogens is 248 g/mol. The summed E-state index contributed by atoms with van der Waals surface area (Å²) in [5.74, 6) is 0.179. The molecule has 1 aliphatic heterocycles. The molecule has 2 aliphatic rings. The minimum atomic E-state index is -3.19. The third kappa shape index (κ3) is 2.19. The summed E-state index contributed by atoms with van der Waals surface area (Å²) in [5.41, 5.74) is 1.76. The quantitative estimate of drug-likeness (QED) is 0.847. The van der Waals surface area contributed by atoms with Gasteiger partial charge in [0.2, 0.25) is 10.0 Å². The molecule has 0 atom stereocenters. The zero-order valence-corrected chi connectivity index (χ0v) is 11.1. The summed E-state index contributed by atoms with van der Waals surface area (Å²) >= 11 is 0. The van der Waals surface area contributed by atoms with E-state index in [4.69, 9.17) is 0 Å². The zero-order chi connectivity index (χ0) is 12.6. The molecule has 0 radical (unpaired) electrons. The Hall–Kier alpha value is -1.23. The standard InChI is InChI=1S/C13H18N2O2S/c16-18(17)10-9-15(11-5-1-2-6-11)13-8-4-3-7-12(13)14-18/h3-4,7-8,11,14H,1-2,5-6,9-10H2. The first-order chi connectivity index (χ1) is 8.66. The predicted octanol–water partition coefficient (Wildman–Crippen LogP) is 2.19. The number of anilines is 2. The number of nitrogens with one attached hydrogen (secondary N) is 1. The van der Waals surface area contributed by atoms with Crippen LogP contribution >= 0.6 is 0 Å². The van der Waals surface area contributed by atoms with Crippen LogP contribution in [-0.4, -0.2) is 26.8 Å². The third-order valence-corrected chi connectivity index (χ3v) is 5.10. The molecule has 4 nitrogen and oxygen atoms in total. The molecule has 0 saturated heterocycles. The number of sulfonamides is 1. The van der Waals surface area contributed by atoms with E-state index in [1.807, 2.05) is 24.3 Å². The predicted molar refractivity (Wildman–Crippen MR) is 73.5 cm³/mol. The smallest absolute Gasteiger partial charge is 0.234 e. The molecule has 3 rings (SSSR count). The van der Waals surface area contributed by atoms with Crippen molar-refractivity contribution >= 4 is 21.4 Å². The Labute approximate surface area is 108 Å². The van der Waals surface area contributed by atoms with Crippen LogP contribution in [0.5, 0.6) is 0 Å². The molecule has 1 N–H and O–H groups in total. The molecule has 0 aromatic heterocycles. The highest BCUT2D eigenvalue weighted by atomic mass is 32.2. The Morgan fingerprint density at radius 1 is 1.17 bits per heavy atom. The molecule has 1 aliphatic carbocycles. The Bertz CT molecular complexity index is 536. The van der Waals surface area contributed by atoms with E-state index in [9.17, 15) is 8.42 Å². The van der Waals surface area contributed by atoms with Gasteiger partial charge in [-0.25, -0.2) is 8.42 Å². The molecule has 0 bridgehead atoms. The van der Waals surface area contributed by atoms with Crippen molar-refractivity contribution in [2.24, 2.45) is 0 Å². The van der Waals surface area contributed by atoms with E-state index >= 15 is 0 Å². The summed E-state index contributed by atoms with van der Waals surface area (Å²) in [6, 6.07) is 8.21. The van der Waals surface area contributed by atoms with E-state index in [2.05, 4.69) is 9.62 Å². The Kier molecular flexibility index (Phi) is 2.93. The number of hydrogen-bond donors (Lipinski definition) is 1. The highest BCUT2D eigenvalue weighted by molar-refractivity contribution is 7.92. The van der Waals surface area contributed by atoms with Crippen LogP contribution in [0.4, 0.5) is 11.4 Å². The number of fused-ring (bicyclic) bond motifs is 1. The highest BCUT2D eigenvalue weighted by Crippen LogP contribution is 2.34. The van der Waals surface area contributed by atoms with Gasteiger partial charge < -0.3 is 4.90 Å². The van der Waals surface area contributed by atoms with Crippen LogP contribution in [-0.2, 0) is 10.0 Å². The van der Waals surface area contributed by atoms with Crippen molar-refractivity contribution in [3.05, 3.63) is 24.3 Å². The topological polar surface area (TPSA) is 49.4 Å². The van der Waals surface area contributed by atoms with Gasteiger partial charge >= 0.3 is 0 Å². The second-order valence-corrected chi connectivity index (χ2v) is 6.91. The first kappa shape index (κ1) is 11.8. The monoisotopic (exact) mass is 266 g/mol. The summed E-state index contributed by atoms with van der Waals surface area (Å²) in [6.07, 6.45) is 4.86. The normalized spacial score (nSPS) is 23.2. The van der Waals surface area contributed by atoms with E-state index in [0.717, 1.165) is 11.4 Å². The summed E-state index contributed by atoms with van der Waals surface area (Å²) < 4.78 is 26.4. The lowest BCUT2D eigenvalue weighted by atomic mass is 10.1. The fourth-order valence-corrected chi connectivity index (χ4v) is 4.01. The van der Waals surface area contributed by atoms with Crippen LogP contribution in [0.15, 0.2) is 24.3 Å². The van der Waals surface area contributed by atoms with E-state index < -0.39 is 10.0 Å². The fourth-order valence-electron chi connectivity index (χ4n) is 2.96. The van der Waals surface area contributed by atoms with Gasteiger partial charge in [0.1, 0.15) is 0 Å². The minimum Gasteiger partial charge on any atom is -0.366 e. The molecule has 98 valence electrons. The maximum atomic E-state index is 11.9. The maximum absolute atomic E-state index is 11.9. The molecule has 5 heteroatoms. The average Bonchev–Trinajstić information content (AvgIpc) is 2.80.